The van der Waals surface area contributed by atoms with Crippen LogP contribution in [0.15, 0.2) is 0 Å². The fraction of sp³-hybridized carbons (Fsp3) is 1.00. The van der Waals surface area contributed by atoms with Crippen molar-refractivity contribution in [2.75, 3.05) is 11.5 Å². The maximum atomic E-state index is 12.1. The number of sulfone groups is 1. The van der Waals surface area contributed by atoms with Crippen molar-refractivity contribution in [1.29, 1.82) is 0 Å². The van der Waals surface area contributed by atoms with E-state index in [-0.39, 0.29) is 0 Å². The monoisotopic (exact) mass is 330 g/mol. The second-order valence-corrected chi connectivity index (χ2v) is 9.52. The van der Waals surface area contributed by atoms with E-state index in [1.807, 2.05) is 0 Å². The van der Waals surface area contributed by atoms with Crippen molar-refractivity contribution in [2.45, 2.75) is 91.4 Å². The Morgan fingerprint density at radius 1 is 0.818 bits per heavy atom. The predicted molar refractivity (Wildman–Crippen MR) is 96.9 cm³/mol. The molecule has 132 valence electrons. The Labute approximate surface area is 139 Å². The quantitative estimate of drug-likeness (QED) is 0.436. The minimum Gasteiger partial charge on any atom is -0.229 e. The van der Waals surface area contributed by atoms with E-state index in [1.54, 1.807) is 0 Å². The molecule has 1 aliphatic heterocycles. The topological polar surface area (TPSA) is 34.1 Å². The Morgan fingerprint density at radius 2 is 1.36 bits per heavy atom. The number of rotatable bonds is 12. The minimum absolute atomic E-state index is 0.423. The molecule has 1 aliphatic rings. The standard InChI is InChI=1S/C19H38O2S/c1-4-7-9-11-13-18(14-12-10-8-5-2)19-16-22(20,21)15-17(19)6-3/h17-19H,4-16H2,1-3H3. The van der Waals surface area contributed by atoms with Gasteiger partial charge in [0.2, 0.25) is 0 Å². The SMILES string of the molecule is CCCCCCC(CCCCCC)C1CS(=O)(=O)CC1CC. The molecule has 2 atom stereocenters. The first-order valence-electron chi connectivity index (χ1n) is 9.74. The van der Waals surface area contributed by atoms with Gasteiger partial charge in [-0.3, -0.25) is 0 Å². The Bertz CT molecular complexity index is 363. The first kappa shape index (κ1) is 20.0. The van der Waals surface area contributed by atoms with E-state index in [0.717, 1.165) is 6.42 Å². The molecule has 22 heavy (non-hydrogen) atoms. The summed E-state index contributed by atoms with van der Waals surface area (Å²) < 4.78 is 24.1. The molecule has 0 aromatic heterocycles. The van der Waals surface area contributed by atoms with Gasteiger partial charge in [-0.2, -0.15) is 0 Å². The Morgan fingerprint density at radius 3 is 1.82 bits per heavy atom. The molecule has 0 saturated carbocycles. The molecule has 0 N–H and O–H groups in total. The van der Waals surface area contributed by atoms with Crippen LogP contribution < -0.4 is 0 Å². The number of unbranched alkanes of at least 4 members (excludes halogenated alkanes) is 6. The third-order valence-corrected chi connectivity index (χ3v) is 7.34. The van der Waals surface area contributed by atoms with E-state index in [4.69, 9.17) is 0 Å². The maximum Gasteiger partial charge on any atom is 0.150 e. The van der Waals surface area contributed by atoms with E-state index in [0.29, 0.717) is 29.3 Å². The second kappa shape index (κ2) is 10.7. The lowest BCUT2D eigenvalue weighted by molar-refractivity contribution is 0.237. The van der Waals surface area contributed by atoms with Crippen molar-refractivity contribution in [3.8, 4) is 0 Å². The summed E-state index contributed by atoms with van der Waals surface area (Å²) in [4.78, 5) is 0. The lowest BCUT2D eigenvalue weighted by Gasteiger charge is -2.27. The third-order valence-electron chi connectivity index (χ3n) is 5.51. The van der Waals surface area contributed by atoms with E-state index in [9.17, 15) is 8.42 Å². The summed E-state index contributed by atoms with van der Waals surface area (Å²) in [5.74, 6) is 2.44. The van der Waals surface area contributed by atoms with Gasteiger partial charge < -0.3 is 0 Å². The molecule has 1 rings (SSSR count). The summed E-state index contributed by atoms with van der Waals surface area (Å²) in [5, 5.41) is 0. The van der Waals surface area contributed by atoms with Crippen LogP contribution in [-0.4, -0.2) is 19.9 Å². The first-order valence-corrected chi connectivity index (χ1v) is 11.6. The van der Waals surface area contributed by atoms with Crippen LogP contribution in [0.3, 0.4) is 0 Å². The fourth-order valence-electron chi connectivity index (χ4n) is 4.13. The van der Waals surface area contributed by atoms with Gasteiger partial charge >= 0.3 is 0 Å². The number of hydrogen-bond donors (Lipinski definition) is 0. The highest BCUT2D eigenvalue weighted by Gasteiger charge is 2.40. The fourth-order valence-corrected chi connectivity index (χ4v) is 6.53. The Kier molecular flexibility index (Phi) is 9.70. The summed E-state index contributed by atoms with van der Waals surface area (Å²) in [6, 6.07) is 0. The number of hydrogen-bond acceptors (Lipinski definition) is 2. The van der Waals surface area contributed by atoms with Crippen molar-refractivity contribution < 1.29 is 8.42 Å². The van der Waals surface area contributed by atoms with Crippen LogP contribution in [0.1, 0.15) is 91.4 Å². The molecule has 0 radical (unpaired) electrons. The van der Waals surface area contributed by atoms with Gasteiger partial charge in [0.25, 0.3) is 0 Å². The molecule has 0 aromatic rings. The van der Waals surface area contributed by atoms with Gasteiger partial charge in [0, 0.05) is 0 Å². The zero-order valence-electron chi connectivity index (χ0n) is 15.1. The van der Waals surface area contributed by atoms with Crippen molar-refractivity contribution in [1.82, 2.24) is 0 Å². The Balaban J connectivity index is 2.57. The summed E-state index contributed by atoms with van der Waals surface area (Å²) in [7, 11) is -2.77. The summed E-state index contributed by atoms with van der Waals surface area (Å²) in [6.07, 6.45) is 13.9. The van der Waals surface area contributed by atoms with Gasteiger partial charge in [0.05, 0.1) is 11.5 Å². The zero-order valence-corrected chi connectivity index (χ0v) is 16.0. The first-order chi connectivity index (χ1) is 10.5. The summed E-state index contributed by atoms with van der Waals surface area (Å²) >= 11 is 0. The van der Waals surface area contributed by atoms with Gasteiger partial charge in [-0.05, 0) is 17.8 Å². The molecule has 1 fully saturated rings. The smallest absolute Gasteiger partial charge is 0.150 e. The predicted octanol–water partition coefficient (Wildman–Crippen LogP) is 5.61. The van der Waals surface area contributed by atoms with Crippen molar-refractivity contribution in [3.63, 3.8) is 0 Å². The zero-order chi connectivity index (χ0) is 16.4. The largest absolute Gasteiger partial charge is 0.229 e. The molecule has 0 spiro atoms. The van der Waals surface area contributed by atoms with Crippen molar-refractivity contribution >= 4 is 9.84 Å². The van der Waals surface area contributed by atoms with Crippen LogP contribution in [0.2, 0.25) is 0 Å². The van der Waals surface area contributed by atoms with E-state index in [2.05, 4.69) is 20.8 Å². The second-order valence-electron chi connectivity index (χ2n) is 7.37. The molecular weight excluding hydrogens is 292 g/mol. The van der Waals surface area contributed by atoms with Crippen LogP contribution in [0.25, 0.3) is 0 Å². The van der Waals surface area contributed by atoms with E-state index >= 15 is 0 Å². The minimum atomic E-state index is -2.77. The molecule has 3 heteroatoms. The summed E-state index contributed by atoms with van der Waals surface area (Å²) in [5.41, 5.74) is 0. The van der Waals surface area contributed by atoms with Gasteiger partial charge in [-0.25, -0.2) is 8.42 Å². The average molecular weight is 331 g/mol. The van der Waals surface area contributed by atoms with E-state index < -0.39 is 9.84 Å². The molecular formula is C19H38O2S. The lowest BCUT2D eigenvalue weighted by Crippen LogP contribution is -2.22. The molecule has 0 aromatic carbocycles. The highest BCUT2D eigenvalue weighted by atomic mass is 32.2. The van der Waals surface area contributed by atoms with Crippen LogP contribution in [0.5, 0.6) is 0 Å². The highest BCUT2D eigenvalue weighted by Crippen LogP contribution is 2.38. The van der Waals surface area contributed by atoms with E-state index in [1.165, 1.54) is 64.2 Å². The van der Waals surface area contributed by atoms with Crippen LogP contribution in [-0.2, 0) is 9.84 Å². The van der Waals surface area contributed by atoms with Gasteiger partial charge in [-0.1, -0.05) is 91.4 Å². The lowest BCUT2D eigenvalue weighted by atomic mass is 9.77. The molecule has 0 amide bonds. The van der Waals surface area contributed by atoms with Crippen molar-refractivity contribution in [2.24, 2.45) is 17.8 Å². The van der Waals surface area contributed by atoms with Crippen LogP contribution >= 0.6 is 0 Å². The summed E-state index contributed by atoms with van der Waals surface area (Å²) in [6.45, 7) is 6.67. The molecule has 1 saturated heterocycles. The normalized spacial score (nSPS) is 24.2. The molecule has 1 heterocycles. The molecule has 0 bridgehead atoms. The highest BCUT2D eigenvalue weighted by molar-refractivity contribution is 7.91. The van der Waals surface area contributed by atoms with Crippen LogP contribution in [0, 0.1) is 17.8 Å². The average Bonchev–Trinajstić information content (AvgIpc) is 2.80. The maximum absolute atomic E-state index is 12.1. The molecule has 2 nitrogen and oxygen atoms in total. The van der Waals surface area contributed by atoms with Crippen LogP contribution in [0.4, 0.5) is 0 Å². The van der Waals surface area contributed by atoms with Gasteiger partial charge in [0.1, 0.15) is 0 Å². The molecule has 2 unspecified atom stereocenters. The molecule has 0 aliphatic carbocycles. The van der Waals surface area contributed by atoms with Gasteiger partial charge in [-0.15, -0.1) is 0 Å². The third kappa shape index (κ3) is 7.02. The van der Waals surface area contributed by atoms with Crippen molar-refractivity contribution in [3.05, 3.63) is 0 Å². The van der Waals surface area contributed by atoms with Gasteiger partial charge in [0.15, 0.2) is 9.84 Å². The Hall–Kier alpha value is -0.0500.